The highest BCUT2D eigenvalue weighted by Gasteiger charge is 2.05. The summed E-state index contributed by atoms with van der Waals surface area (Å²) < 4.78 is 5.76. The van der Waals surface area contributed by atoms with Crippen LogP contribution in [0.3, 0.4) is 0 Å². The van der Waals surface area contributed by atoms with Crippen molar-refractivity contribution in [1.29, 1.82) is 5.26 Å². The van der Waals surface area contributed by atoms with E-state index >= 15 is 0 Å². The third-order valence-corrected chi connectivity index (χ3v) is 2.69. The van der Waals surface area contributed by atoms with Gasteiger partial charge in [0.1, 0.15) is 5.75 Å². The van der Waals surface area contributed by atoms with E-state index < -0.39 is 0 Å². The van der Waals surface area contributed by atoms with Crippen LogP contribution in [0.25, 0.3) is 0 Å². The fraction of sp³-hybridized carbons (Fsp3) is 0.500. The Hall–Kier alpha value is -1.53. The maximum atomic E-state index is 8.43. The van der Waals surface area contributed by atoms with Gasteiger partial charge in [-0.15, -0.1) is 0 Å². The lowest BCUT2D eigenvalue weighted by Crippen LogP contribution is -2.03. The third kappa shape index (κ3) is 4.08. The van der Waals surface area contributed by atoms with Crippen molar-refractivity contribution in [2.24, 2.45) is 5.73 Å². The van der Waals surface area contributed by atoms with Gasteiger partial charge in [0.25, 0.3) is 0 Å². The van der Waals surface area contributed by atoms with Crippen molar-refractivity contribution in [3.05, 3.63) is 28.8 Å². The van der Waals surface area contributed by atoms with Gasteiger partial charge in [0, 0.05) is 13.0 Å². The van der Waals surface area contributed by atoms with Gasteiger partial charge in [-0.05, 0) is 43.4 Å². The summed E-state index contributed by atoms with van der Waals surface area (Å²) in [5.74, 6) is 0.958. The first-order chi connectivity index (χ1) is 8.19. The second kappa shape index (κ2) is 6.93. The fourth-order valence-corrected chi connectivity index (χ4v) is 1.87. The minimum absolute atomic E-state index is 0.560. The maximum Gasteiger partial charge on any atom is 0.125 e. The van der Waals surface area contributed by atoms with E-state index in [1.165, 1.54) is 0 Å². The summed E-state index contributed by atoms with van der Waals surface area (Å²) in [5, 5.41) is 8.43. The zero-order valence-electron chi connectivity index (χ0n) is 10.6. The van der Waals surface area contributed by atoms with Crippen LogP contribution in [0.15, 0.2) is 12.1 Å². The molecule has 0 aliphatic rings. The average molecular weight is 232 g/mol. The smallest absolute Gasteiger partial charge is 0.125 e. The Bertz CT molecular complexity index is 384. The van der Waals surface area contributed by atoms with Gasteiger partial charge in [0.2, 0.25) is 0 Å². The van der Waals surface area contributed by atoms with Crippen LogP contribution in [0.1, 0.15) is 36.0 Å². The topological polar surface area (TPSA) is 59.0 Å². The minimum Gasteiger partial charge on any atom is -0.493 e. The van der Waals surface area contributed by atoms with Crippen molar-refractivity contribution in [3.8, 4) is 11.8 Å². The highest BCUT2D eigenvalue weighted by atomic mass is 16.5. The molecule has 0 fully saturated rings. The molecular weight excluding hydrogens is 212 g/mol. The molecule has 17 heavy (non-hydrogen) atoms. The third-order valence-electron chi connectivity index (χ3n) is 2.69. The van der Waals surface area contributed by atoms with E-state index in [0.717, 1.165) is 35.3 Å². The van der Waals surface area contributed by atoms with Crippen molar-refractivity contribution >= 4 is 0 Å². The van der Waals surface area contributed by atoms with Crippen LogP contribution in [-0.4, -0.2) is 6.61 Å². The Morgan fingerprint density at radius 2 is 1.88 bits per heavy atom. The molecular formula is C14H20N2O. The summed E-state index contributed by atoms with van der Waals surface area (Å²) in [4.78, 5) is 0. The van der Waals surface area contributed by atoms with Crippen LogP contribution in [-0.2, 0) is 6.54 Å². The monoisotopic (exact) mass is 232 g/mol. The Morgan fingerprint density at radius 1 is 1.24 bits per heavy atom. The van der Waals surface area contributed by atoms with Crippen molar-refractivity contribution in [2.75, 3.05) is 6.61 Å². The van der Waals surface area contributed by atoms with Crippen LogP contribution >= 0.6 is 0 Å². The molecule has 0 aliphatic carbocycles. The Morgan fingerprint density at radius 3 is 2.41 bits per heavy atom. The fourth-order valence-electron chi connectivity index (χ4n) is 1.87. The van der Waals surface area contributed by atoms with E-state index in [2.05, 4.69) is 18.2 Å². The summed E-state index contributed by atoms with van der Waals surface area (Å²) in [7, 11) is 0. The highest BCUT2D eigenvalue weighted by Crippen LogP contribution is 2.24. The molecule has 0 aliphatic heterocycles. The van der Waals surface area contributed by atoms with Gasteiger partial charge in [-0.25, -0.2) is 0 Å². The number of unbranched alkanes of at least 4 members (excludes halogenated alkanes) is 2. The number of hydrogen-bond acceptors (Lipinski definition) is 3. The summed E-state index contributed by atoms with van der Waals surface area (Å²) >= 11 is 0. The van der Waals surface area contributed by atoms with Gasteiger partial charge < -0.3 is 10.5 Å². The number of nitrogens with two attached hydrogens (primary N) is 1. The predicted molar refractivity (Wildman–Crippen MR) is 68.8 cm³/mol. The molecule has 1 aromatic rings. The molecule has 0 radical (unpaired) electrons. The number of ether oxygens (including phenoxy) is 1. The standard InChI is InChI=1S/C14H20N2O/c1-11-8-13(10-16)9-12(2)14(11)17-7-5-3-4-6-15/h8-9H,3-5,7,10,16H2,1-2H3. The number of nitrogens with zero attached hydrogens (tertiary/aromatic N) is 1. The Labute approximate surface area is 103 Å². The zero-order valence-corrected chi connectivity index (χ0v) is 10.6. The molecule has 0 saturated heterocycles. The number of rotatable bonds is 6. The lowest BCUT2D eigenvalue weighted by molar-refractivity contribution is 0.303. The summed E-state index contributed by atoms with van der Waals surface area (Å²) in [5.41, 5.74) is 9.02. The summed E-state index contributed by atoms with van der Waals surface area (Å²) in [6.45, 7) is 5.31. The number of aryl methyl sites for hydroxylation is 2. The van der Waals surface area contributed by atoms with E-state index in [1.807, 2.05) is 13.8 Å². The van der Waals surface area contributed by atoms with Crippen LogP contribution in [0.4, 0.5) is 0 Å². The van der Waals surface area contributed by atoms with E-state index in [4.69, 9.17) is 15.7 Å². The molecule has 3 heteroatoms. The second-order valence-electron chi connectivity index (χ2n) is 4.23. The lowest BCUT2D eigenvalue weighted by atomic mass is 10.1. The van der Waals surface area contributed by atoms with Crippen LogP contribution in [0, 0.1) is 25.2 Å². The van der Waals surface area contributed by atoms with Crippen molar-refractivity contribution in [3.63, 3.8) is 0 Å². The first kappa shape index (κ1) is 13.5. The van der Waals surface area contributed by atoms with Gasteiger partial charge in [-0.3, -0.25) is 0 Å². The molecule has 0 aromatic heterocycles. The molecule has 0 bridgehead atoms. The minimum atomic E-state index is 0.560. The molecule has 0 atom stereocenters. The first-order valence-corrected chi connectivity index (χ1v) is 5.99. The van der Waals surface area contributed by atoms with E-state index in [1.54, 1.807) is 0 Å². The molecule has 0 unspecified atom stereocenters. The molecule has 1 aromatic carbocycles. The van der Waals surface area contributed by atoms with E-state index in [9.17, 15) is 0 Å². The Balaban J connectivity index is 2.56. The normalized spacial score (nSPS) is 10.0. The molecule has 2 N–H and O–H groups in total. The van der Waals surface area contributed by atoms with Crippen molar-refractivity contribution in [1.82, 2.24) is 0 Å². The molecule has 92 valence electrons. The number of nitriles is 1. The van der Waals surface area contributed by atoms with E-state index in [-0.39, 0.29) is 0 Å². The van der Waals surface area contributed by atoms with Crippen LogP contribution in [0.5, 0.6) is 5.75 Å². The number of hydrogen-bond donors (Lipinski definition) is 1. The molecule has 0 spiro atoms. The molecule has 3 nitrogen and oxygen atoms in total. The van der Waals surface area contributed by atoms with Gasteiger partial charge in [0.05, 0.1) is 12.7 Å². The predicted octanol–water partition coefficient (Wildman–Crippen LogP) is 2.83. The Kier molecular flexibility index (Phi) is 5.51. The highest BCUT2D eigenvalue weighted by molar-refractivity contribution is 5.43. The first-order valence-electron chi connectivity index (χ1n) is 5.99. The molecule has 0 saturated carbocycles. The SMILES string of the molecule is Cc1cc(CN)cc(C)c1OCCCCC#N. The molecule has 0 amide bonds. The zero-order chi connectivity index (χ0) is 12.7. The summed E-state index contributed by atoms with van der Waals surface area (Å²) in [6, 6.07) is 6.27. The van der Waals surface area contributed by atoms with E-state index in [0.29, 0.717) is 19.6 Å². The number of benzene rings is 1. The van der Waals surface area contributed by atoms with Crippen LogP contribution in [0.2, 0.25) is 0 Å². The van der Waals surface area contributed by atoms with Gasteiger partial charge in [-0.2, -0.15) is 5.26 Å². The summed E-state index contributed by atoms with van der Waals surface area (Å²) in [6.07, 6.45) is 2.42. The largest absolute Gasteiger partial charge is 0.493 e. The molecule has 1 rings (SSSR count). The van der Waals surface area contributed by atoms with Crippen molar-refractivity contribution in [2.45, 2.75) is 39.7 Å². The quantitative estimate of drug-likeness (QED) is 0.767. The maximum absolute atomic E-state index is 8.43. The van der Waals surface area contributed by atoms with Gasteiger partial charge in [-0.1, -0.05) is 12.1 Å². The average Bonchev–Trinajstić information content (AvgIpc) is 2.31. The van der Waals surface area contributed by atoms with Gasteiger partial charge in [0.15, 0.2) is 0 Å². The van der Waals surface area contributed by atoms with Crippen LogP contribution < -0.4 is 10.5 Å². The molecule has 0 heterocycles. The lowest BCUT2D eigenvalue weighted by Gasteiger charge is -2.13. The van der Waals surface area contributed by atoms with Crippen molar-refractivity contribution < 1.29 is 4.74 Å². The second-order valence-corrected chi connectivity index (χ2v) is 4.23. The van der Waals surface area contributed by atoms with Gasteiger partial charge >= 0.3 is 0 Å².